The normalized spacial score (nSPS) is 10.1. The van der Waals surface area contributed by atoms with Gasteiger partial charge >= 0.3 is 0 Å². The van der Waals surface area contributed by atoms with Crippen LogP contribution in [0.4, 0.5) is 0 Å². The van der Waals surface area contributed by atoms with E-state index in [1.165, 1.54) is 11.1 Å². The number of benzene rings is 1. The molecule has 11 heavy (non-hydrogen) atoms. The predicted octanol–water partition coefficient (Wildman–Crippen LogP) is 2.90. The van der Waals surface area contributed by atoms with Gasteiger partial charge in [-0.1, -0.05) is 22.0 Å². The molecule has 0 N–H and O–H groups in total. The molecule has 60 valence electrons. The lowest BCUT2D eigenvalue weighted by Crippen LogP contribution is -1.90. The molecule has 0 saturated carbocycles. The first-order valence-electron chi connectivity index (χ1n) is 3.48. The average molecular weight is 215 g/mol. The molecule has 0 bridgehead atoms. The number of ether oxygens (including phenoxy) is 1. The van der Waals surface area contributed by atoms with Crippen molar-refractivity contribution >= 4 is 15.9 Å². The molecule has 0 spiro atoms. The van der Waals surface area contributed by atoms with Crippen molar-refractivity contribution in [1.82, 2.24) is 0 Å². The highest BCUT2D eigenvalue weighted by atomic mass is 79.9. The fraction of sp³-hybridized carbons (Fsp3) is 0.333. The fourth-order valence-corrected chi connectivity index (χ4v) is 1.45. The summed E-state index contributed by atoms with van der Waals surface area (Å²) in [6.07, 6.45) is 0. The van der Waals surface area contributed by atoms with E-state index in [9.17, 15) is 0 Å². The van der Waals surface area contributed by atoms with Crippen molar-refractivity contribution in [3.05, 3.63) is 33.8 Å². The number of aryl methyl sites for hydroxylation is 1. The molecule has 0 aliphatic heterocycles. The molecule has 1 aromatic carbocycles. The van der Waals surface area contributed by atoms with Crippen molar-refractivity contribution in [1.29, 1.82) is 0 Å². The average Bonchev–Trinajstić information content (AvgIpc) is 1.95. The molecule has 0 radical (unpaired) electrons. The minimum Gasteiger partial charge on any atom is -0.380 e. The zero-order valence-corrected chi connectivity index (χ0v) is 8.31. The first-order chi connectivity index (χ1) is 5.24. The molecule has 0 aliphatic carbocycles. The van der Waals surface area contributed by atoms with Gasteiger partial charge in [0.25, 0.3) is 0 Å². The van der Waals surface area contributed by atoms with E-state index in [-0.39, 0.29) is 0 Å². The SMILES string of the molecule is COCc1ccc(Br)cc1C. The molecule has 2 heteroatoms. The molecule has 0 aliphatic rings. The van der Waals surface area contributed by atoms with Crippen molar-refractivity contribution < 1.29 is 4.74 Å². The second-order valence-electron chi connectivity index (χ2n) is 2.50. The summed E-state index contributed by atoms with van der Waals surface area (Å²) < 4.78 is 6.15. The molecule has 0 atom stereocenters. The Morgan fingerprint density at radius 2 is 2.18 bits per heavy atom. The van der Waals surface area contributed by atoms with Crippen LogP contribution in [-0.4, -0.2) is 7.11 Å². The van der Waals surface area contributed by atoms with E-state index in [2.05, 4.69) is 35.0 Å². The zero-order chi connectivity index (χ0) is 8.27. The minimum atomic E-state index is 0.694. The van der Waals surface area contributed by atoms with Gasteiger partial charge in [-0.2, -0.15) is 0 Å². The Kier molecular flexibility index (Phi) is 3.09. The number of halogens is 1. The van der Waals surface area contributed by atoms with E-state index in [4.69, 9.17) is 4.74 Å². The standard InChI is InChI=1S/C9H11BrO/c1-7-5-9(10)4-3-8(7)6-11-2/h3-5H,6H2,1-2H3. The van der Waals surface area contributed by atoms with Gasteiger partial charge in [-0.15, -0.1) is 0 Å². The molecule has 1 rings (SSSR count). The highest BCUT2D eigenvalue weighted by Gasteiger charge is 1.96. The quantitative estimate of drug-likeness (QED) is 0.736. The number of hydrogen-bond acceptors (Lipinski definition) is 1. The van der Waals surface area contributed by atoms with Crippen molar-refractivity contribution in [3.63, 3.8) is 0 Å². The highest BCUT2D eigenvalue weighted by molar-refractivity contribution is 9.10. The van der Waals surface area contributed by atoms with Crippen LogP contribution in [0.1, 0.15) is 11.1 Å². The second-order valence-corrected chi connectivity index (χ2v) is 3.42. The Morgan fingerprint density at radius 1 is 1.45 bits per heavy atom. The van der Waals surface area contributed by atoms with E-state index >= 15 is 0 Å². The number of methoxy groups -OCH3 is 1. The van der Waals surface area contributed by atoms with E-state index in [0.717, 1.165) is 4.47 Å². The zero-order valence-electron chi connectivity index (χ0n) is 6.73. The number of hydrogen-bond donors (Lipinski definition) is 0. The summed E-state index contributed by atoms with van der Waals surface area (Å²) in [5, 5.41) is 0. The van der Waals surface area contributed by atoms with Gasteiger partial charge in [0.1, 0.15) is 0 Å². The van der Waals surface area contributed by atoms with Crippen LogP contribution in [0.15, 0.2) is 22.7 Å². The Hall–Kier alpha value is -0.340. The highest BCUT2D eigenvalue weighted by Crippen LogP contribution is 2.15. The molecule has 0 heterocycles. The summed E-state index contributed by atoms with van der Waals surface area (Å²) in [5.74, 6) is 0. The molecule has 0 saturated heterocycles. The van der Waals surface area contributed by atoms with E-state index in [0.29, 0.717) is 6.61 Å². The van der Waals surface area contributed by atoms with Gasteiger partial charge < -0.3 is 4.74 Å². The van der Waals surface area contributed by atoms with Gasteiger partial charge in [-0.3, -0.25) is 0 Å². The summed E-state index contributed by atoms with van der Waals surface area (Å²) >= 11 is 3.41. The third-order valence-corrected chi connectivity index (χ3v) is 2.10. The lowest BCUT2D eigenvalue weighted by atomic mass is 10.1. The molecule has 1 nitrogen and oxygen atoms in total. The summed E-state index contributed by atoms with van der Waals surface area (Å²) in [7, 11) is 1.71. The van der Waals surface area contributed by atoms with Crippen LogP contribution >= 0.6 is 15.9 Å². The van der Waals surface area contributed by atoms with Crippen LogP contribution < -0.4 is 0 Å². The van der Waals surface area contributed by atoms with Gasteiger partial charge in [-0.25, -0.2) is 0 Å². The molecule has 0 amide bonds. The molecule has 1 aromatic rings. The molecule has 0 unspecified atom stereocenters. The van der Waals surface area contributed by atoms with Gasteiger partial charge in [0.2, 0.25) is 0 Å². The van der Waals surface area contributed by atoms with Crippen LogP contribution in [0.5, 0.6) is 0 Å². The van der Waals surface area contributed by atoms with Crippen molar-refractivity contribution in [3.8, 4) is 0 Å². The molecule has 0 fully saturated rings. The van der Waals surface area contributed by atoms with Crippen LogP contribution in [0.2, 0.25) is 0 Å². The Labute approximate surface area is 75.5 Å². The first-order valence-corrected chi connectivity index (χ1v) is 4.27. The largest absolute Gasteiger partial charge is 0.380 e. The summed E-state index contributed by atoms with van der Waals surface area (Å²) in [5.41, 5.74) is 2.51. The lowest BCUT2D eigenvalue weighted by molar-refractivity contribution is 0.184. The van der Waals surface area contributed by atoms with E-state index < -0.39 is 0 Å². The maximum Gasteiger partial charge on any atom is 0.0715 e. The van der Waals surface area contributed by atoms with Crippen molar-refractivity contribution in [2.75, 3.05) is 7.11 Å². The summed E-state index contributed by atoms with van der Waals surface area (Å²) in [4.78, 5) is 0. The van der Waals surface area contributed by atoms with Gasteiger partial charge in [0.15, 0.2) is 0 Å². The van der Waals surface area contributed by atoms with Crippen LogP contribution in [0, 0.1) is 6.92 Å². The Morgan fingerprint density at radius 3 is 2.73 bits per heavy atom. The van der Waals surface area contributed by atoms with Crippen LogP contribution in [0.25, 0.3) is 0 Å². The Balaban J connectivity index is 2.90. The second kappa shape index (κ2) is 3.88. The lowest BCUT2D eigenvalue weighted by Gasteiger charge is -2.03. The molecule has 0 aromatic heterocycles. The van der Waals surface area contributed by atoms with Crippen LogP contribution in [-0.2, 0) is 11.3 Å². The van der Waals surface area contributed by atoms with Crippen molar-refractivity contribution in [2.24, 2.45) is 0 Å². The Bertz CT molecular complexity index is 245. The van der Waals surface area contributed by atoms with E-state index in [1.807, 2.05) is 6.07 Å². The maximum atomic E-state index is 5.03. The molecular formula is C9H11BrO. The maximum absolute atomic E-state index is 5.03. The monoisotopic (exact) mass is 214 g/mol. The fourth-order valence-electron chi connectivity index (χ4n) is 0.977. The van der Waals surface area contributed by atoms with Gasteiger partial charge in [0.05, 0.1) is 6.61 Å². The van der Waals surface area contributed by atoms with Crippen molar-refractivity contribution in [2.45, 2.75) is 13.5 Å². The third kappa shape index (κ3) is 2.31. The minimum absolute atomic E-state index is 0.694. The van der Waals surface area contributed by atoms with Crippen LogP contribution in [0.3, 0.4) is 0 Å². The smallest absolute Gasteiger partial charge is 0.0715 e. The first kappa shape index (κ1) is 8.75. The number of rotatable bonds is 2. The predicted molar refractivity (Wildman–Crippen MR) is 49.6 cm³/mol. The summed E-state index contributed by atoms with van der Waals surface area (Å²) in [6.45, 7) is 2.78. The van der Waals surface area contributed by atoms with E-state index in [1.54, 1.807) is 7.11 Å². The topological polar surface area (TPSA) is 9.23 Å². The third-order valence-electron chi connectivity index (χ3n) is 1.60. The summed E-state index contributed by atoms with van der Waals surface area (Å²) in [6, 6.07) is 6.19. The van der Waals surface area contributed by atoms with Gasteiger partial charge in [-0.05, 0) is 30.2 Å². The van der Waals surface area contributed by atoms with Gasteiger partial charge in [0, 0.05) is 11.6 Å². The molecular weight excluding hydrogens is 204 g/mol.